The second-order valence-corrected chi connectivity index (χ2v) is 4.77. The lowest BCUT2D eigenvalue weighted by Crippen LogP contribution is -2.06. The highest BCUT2D eigenvalue weighted by Crippen LogP contribution is 2.26. The van der Waals surface area contributed by atoms with E-state index in [0.717, 1.165) is 5.56 Å². The van der Waals surface area contributed by atoms with Crippen LogP contribution in [-0.4, -0.2) is 18.1 Å². The second-order valence-electron chi connectivity index (χ2n) is 4.77. The summed E-state index contributed by atoms with van der Waals surface area (Å²) in [4.78, 5) is 27.1. The van der Waals surface area contributed by atoms with Crippen molar-refractivity contribution >= 4 is 17.1 Å². The number of ether oxygens (including phenoxy) is 2. The SMILES string of the molecule is COc1cc2nc3cc(COC(C)=O)ccc3oc-2cc1=O. The molecule has 6 heteroatoms. The number of nitrogens with zero attached hydrogens (tertiary/aromatic N) is 1. The quantitative estimate of drug-likeness (QED) is 0.545. The van der Waals surface area contributed by atoms with Crippen molar-refractivity contribution in [3.63, 3.8) is 0 Å². The van der Waals surface area contributed by atoms with Crippen LogP contribution in [0.3, 0.4) is 0 Å². The molecule has 0 amide bonds. The Hall–Kier alpha value is -2.89. The van der Waals surface area contributed by atoms with E-state index in [9.17, 15) is 9.59 Å². The van der Waals surface area contributed by atoms with Crippen LogP contribution in [0, 0.1) is 0 Å². The molecule has 0 saturated heterocycles. The van der Waals surface area contributed by atoms with Gasteiger partial charge in [-0.1, -0.05) is 6.07 Å². The van der Waals surface area contributed by atoms with Gasteiger partial charge >= 0.3 is 5.97 Å². The number of benzene rings is 2. The molecule has 1 heterocycles. The minimum atomic E-state index is -0.344. The second kappa shape index (κ2) is 5.48. The third-order valence-electron chi connectivity index (χ3n) is 3.17. The summed E-state index contributed by atoms with van der Waals surface area (Å²) >= 11 is 0. The Labute approximate surface area is 125 Å². The molecule has 0 bridgehead atoms. The van der Waals surface area contributed by atoms with Crippen LogP contribution in [0.15, 0.2) is 39.5 Å². The summed E-state index contributed by atoms with van der Waals surface area (Å²) in [5.41, 5.74) is 2.22. The first kappa shape index (κ1) is 14.1. The van der Waals surface area contributed by atoms with Crippen LogP contribution < -0.4 is 10.2 Å². The molecule has 2 aliphatic rings. The highest BCUT2D eigenvalue weighted by Gasteiger charge is 2.13. The number of hydrogen-bond donors (Lipinski definition) is 0. The molecule has 0 aromatic heterocycles. The third-order valence-corrected chi connectivity index (χ3v) is 3.17. The fourth-order valence-electron chi connectivity index (χ4n) is 2.12. The molecule has 3 rings (SSSR count). The molecule has 1 aliphatic heterocycles. The van der Waals surface area contributed by atoms with E-state index in [1.807, 2.05) is 0 Å². The molecule has 0 radical (unpaired) electrons. The fraction of sp³-hybridized carbons (Fsp3) is 0.188. The zero-order valence-corrected chi connectivity index (χ0v) is 12.1. The van der Waals surface area contributed by atoms with E-state index in [0.29, 0.717) is 22.6 Å². The number of carbonyl (C=O) groups is 1. The normalized spacial score (nSPS) is 10.8. The summed E-state index contributed by atoms with van der Waals surface area (Å²) in [6, 6.07) is 8.19. The zero-order chi connectivity index (χ0) is 15.7. The van der Waals surface area contributed by atoms with E-state index in [2.05, 4.69) is 4.98 Å². The van der Waals surface area contributed by atoms with Gasteiger partial charge in [0.15, 0.2) is 17.1 Å². The molecule has 6 nitrogen and oxygen atoms in total. The highest BCUT2D eigenvalue weighted by molar-refractivity contribution is 5.77. The number of rotatable bonds is 3. The average molecular weight is 299 g/mol. The topological polar surface area (TPSA) is 78.6 Å². The largest absolute Gasteiger partial charge is 0.493 e. The van der Waals surface area contributed by atoms with E-state index in [1.54, 1.807) is 24.3 Å². The molecule has 22 heavy (non-hydrogen) atoms. The van der Waals surface area contributed by atoms with Crippen molar-refractivity contribution in [1.82, 2.24) is 4.98 Å². The fourth-order valence-corrected chi connectivity index (χ4v) is 2.12. The van der Waals surface area contributed by atoms with Crippen molar-refractivity contribution in [2.24, 2.45) is 0 Å². The van der Waals surface area contributed by atoms with E-state index in [4.69, 9.17) is 13.9 Å². The van der Waals surface area contributed by atoms with Crippen LogP contribution in [0.5, 0.6) is 5.75 Å². The van der Waals surface area contributed by atoms with Gasteiger partial charge in [0.25, 0.3) is 0 Å². The van der Waals surface area contributed by atoms with Gasteiger partial charge in [-0.25, -0.2) is 4.98 Å². The van der Waals surface area contributed by atoms with Gasteiger partial charge in [0.05, 0.1) is 7.11 Å². The number of esters is 1. The molecule has 1 aliphatic carbocycles. The van der Waals surface area contributed by atoms with Gasteiger partial charge in [-0.2, -0.15) is 0 Å². The lowest BCUT2D eigenvalue weighted by molar-refractivity contribution is -0.142. The molecule has 112 valence electrons. The average Bonchev–Trinajstić information content (AvgIpc) is 2.50. The van der Waals surface area contributed by atoms with E-state index < -0.39 is 0 Å². The molecule has 0 N–H and O–H groups in total. The van der Waals surface area contributed by atoms with Gasteiger partial charge in [-0.15, -0.1) is 0 Å². The maximum absolute atomic E-state index is 11.7. The van der Waals surface area contributed by atoms with Gasteiger partial charge in [-0.3, -0.25) is 9.59 Å². The summed E-state index contributed by atoms with van der Waals surface area (Å²) in [6.45, 7) is 1.53. The minimum Gasteiger partial charge on any atom is -0.493 e. The number of hydrogen-bond acceptors (Lipinski definition) is 6. The Morgan fingerprint density at radius 2 is 2.09 bits per heavy atom. The van der Waals surface area contributed by atoms with Gasteiger partial charge in [0, 0.05) is 19.1 Å². The number of methoxy groups -OCH3 is 1. The van der Waals surface area contributed by atoms with Crippen molar-refractivity contribution in [1.29, 1.82) is 0 Å². The van der Waals surface area contributed by atoms with Crippen molar-refractivity contribution < 1.29 is 18.7 Å². The van der Waals surface area contributed by atoms with E-state index in [-0.39, 0.29) is 23.8 Å². The Bertz CT molecular complexity index is 883. The predicted molar refractivity (Wildman–Crippen MR) is 78.9 cm³/mol. The zero-order valence-electron chi connectivity index (χ0n) is 12.1. The van der Waals surface area contributed by atoms with Crippen molar-refractivity contribution in [3.05, 3.63) is 46.1 Å². The molecule has 1 aromatic rings. The molecule has 0 saturated carbocycles. The van der Waals surface area contributed by atoms with Crippen molar-refractivity contribution in [2.75, 3.05) is 7.11 Å². The smallest absolute Gasteiger partial charge is 0.302 e. The Kier molecular flexibility index (Phi) is 3.50. The highest BCUT2D eigenvalue weighted by atomic mass is 16.5. The van der Waals surface area contributed by atoms with E-state index >= 15 is 0 Å². The van der Waals surface area contributed by atoms with Gasteiger partial charge in [0.2, 0.25) is 5.43 Å². The Morgan fingerprint density at radius 1 is 1.27 bits per heavy atom. The standard InChI is InChI=1S/C16H13NO5/c1-9(18)21-8-10-3-4-14-11(5-10)17-12-6-16(20-2)13(19)7-15(12)22-14/h3-7H,8H2,1-2H3. The molecular weight excluding hydrogens is 286 g/mol. The first-order valence-corrected chi connectivity index (χ1v) is 6.62. The maximum atomic E-state index is 11.7. The minimum absolute atomic E-state index is 0.174. The predicted octanol–water partition coefficient (Wildman–Crippen LogP) is 2.36. The van der Waals surface area contributed by atoms with Crippen LogP contribution in [0.25, 0.3) is 22.6 Å². The van der Waals surface area contributed by atoms with Gasteiger partial charge < -0.3 is 13.9 Å². The summed E-state index contributed by atoms with van der Waals surface area (Å²) in [6.07, 6.45) is 0. The third kappa shape index (κ3) is 2.63. The Balaban J connectivity index is 2.10. The van der Waals surface area contributed by atoms with Crippen molar-refractivity contribution in [2.45, 2.75) is 13.5 Å². The Morgan fingerprint density at radius 3 is 2.82 bits per heavy atom. The number of aromatic nitrogens is 1. The van der Waals surface area contributed by atoms with Crippen LogP contribution in [0.1, 0.15) is 12.5 Å². The van der Waals surface area contributed by atoms with Gasteiger partial charge in [-0.05, 0) is 17.7 Å². The van der Waals surface area contributed by atoms with Crippen LogP contribution in [0.2, 0.25) is 0 Å². The first-order valence-electron chi connectivity index (χ1n) is 6.62. The molecule has 0 spiro atoms. The summed E-state index contributed by atoms with van der Waals surface area (Å²) in [5.74, 6) is 0.264. The lowest BCUT2D eigenvalue weighted by atomic mass is 10.2. The monoisotopic (exact) mass is 299 g/mol. The molecule has 1 aromatic carbocycles. The molecule has 0 atom stereocenters. The first-order chi connectivity index (χ1) is 10.6. The van der Waals surface area contributed by atoms with Gasteiger partial charge in [0.1, 0.15) is 17.8 Å². The molecule has 0 fully saturated rings. The van der Waals surface area contributed by atoms with Crippen molar-refractivity contribution in [3.8, 4) is 17.2 Å². The molecular formula is C16H13NO5. The molecule has 0 unspecified atom stereocenters. The maximum Gasteiger partial charge on any atom is 0.302 e. The number of fused-ring (bicyclic) bond motifs is 2. The van der Waals surface area contributed by atoms with Crippen LogP contribution in [0.4, 0.5) is 0 Å². The van der Waals surface area contributed by atoms with Crippen LogP contribution >= 0.6 is 0 Å². The lowest BCUT2D eigenvalue weighted by Gasteiger charge is -2.08. The summed E-state index contributed by atoms with van der Waals surface area (Å²) in [5, 5.41) is 0. The van der Waals surface area contributed by atoms with E-state index in [1.165, 1.54) is 20.1 Å². The van der Waals surface area contributed by atoms with Crippen LogP contribution in [-0.2, 0) is 16.1 Å². The summed E-state index contributed by atoms with van der Waals surface area (Å²) in [7, 11) is 1.43. The number of carbonyl (C=O) groups excluding carboxylic acids is 1. The summed E-state index contributed by atoms with van der Waals surface area (Å²) < 4.78 is 15.6.